The van der Waals surface area contributed by atoms with E-state index in [1.807, 2.05) is 11.8 Å². The van der Waals surface area contributed by atoms with Crippen LogP contribution in [0.3, 0.4) is 0 Å². The molecule has 0 saturated carbocycles. The van der Waals surface area contributed by atoms with Gasteiger partial charge >= 0.3 is 0 Å². The molecule has 2 N–H and O–H groups in total. The normalized spacial score (nSPS) is 12.0. The highest BCUT2D eigenvalue weighted by molar-refractivity contribution is 9.10. The van der Waals surface area contributed by atoms with Gasteiger partial charge in [0.15, 0.2) is 0 Å². The zero-order valence-corrected chi connectivity index (χ0v) is 11.1. The number of thioether (sulfide) groups is 1. The summed E-state index contributed by atoms with van der Waals surface area (Å²) in [6.45, 7) is 6.27. The summed E-state index contributed by atoms with van der Waals surface area (Å²) < 4.78 is 1.32. The highest BCUT2D eigenvalue weighted by Crippen LogP contribution is 2.20. The maximum Gasteiger partial charge on any atom is 0.0633 e. The van der Waals surface area contributed by atoms with Crippen molar-refractivity contribution in [1.29, 1.82) is 0 Å². The number of aromatic nitrogens is 2. The molecular formula is C9H16BrN3S. The molecule has 0 aliphatic heterocycles. The van der Waals surface area contributed by atoms with Crippen LogP contribution in [0.4, 0.5) is 0 Å². The summed E-state index contributed by atoms with van der Waals surface area (Å²) in [6, 6.07) is 0. The number of H-pyrrole nitrogens is 1. The number of rotatable bonds is 5. The first-order valence-electron chi connectivity index (χ1n) is 4.49. The highest BCUT2D eigenvalue weighted by atomic mass is 79.9. The van der Waals surface area contributed by atoms with E-state index in [-0.39, 0.29) is 4.75 Å². The number of nitrogens with one attached hydrogen (secondary N) is 2. The Kier molecular flexibility index (Phi) is 4.47. The van der Waals surface area contributed by atoms with Crippen molar-refractivity contribution in [2.75, 3.05) is 12.8 Å². The Balaban J connectivity index is 2.32. The molecule has 1 aromatic heterocycles. The van der Waals surface area contributed by atoms with Crippen LogP contribution in [0.15, 0.2) is 10.7 Å². The monoisotopic (exact) mass is 277 g/mol. The maximum atomic E-state index is 3.94. The average Bonchev–Trinajstić information content (AvgIpc) is 2.52. The molecule has 0 radical (unpaired) electrons. The summed E-state index contributed by atoms with van der Waals surface area (Å²) in [7, 11) is 0. The van der Waals surface area contributed by atoms with Gasteiger partial charge in [-0.3, -0.25) is 5.10 Å². The molecule has 0 unspecified atom stereocenters. The molecule has 0 amide bonds. The Labute approximate surface area is 97.6 Å². The molecule has 0 bridgehead atoms. The Hall–Kier alpha value is -0.0000000000000000555. The van der Waals surface area contributed by atoms with Gasteiger partial charge < -0.3 is 5.32 Å². The lowest BCUT2D eigenvalue weighted by Crippen LogP contribution is -2.31. The van der Waals surface area contributed by atoms with Gasteiger partial charge in [-0.15, -0.1) is 0 Å². The Bertz CT molecular complexity index is 285. The van der Waals surface area contributed by atoms with Crippen LogP contribution in [-0.4, -0.2) is 27.7 Å². The summed E-state index contributed by atoms with van der Waals surface area (Å²) >= 11 is 5.29. The van der Waals surface area contributed by atoms with Crippen molar-refractivity contribution < 1.29 is 0 Å². The first-order chi connectivity index (χ1) is 6.55. The van der Waals surface area contributed by atoms with Crippen molar-refractivity contribution in [1.82, 2.24) is 15.5 Å². The lowest BCUT2D eigenvalue weighted by Gasteiger charge is -2.22. The van der Waals surface area contributed by atoms with Crippen molar-refractivity contribution in [3.05, 3.63) is 16.4 Å². The fourth-order valence-corrected chi connectivity index (χ4v) is 1.56. The quantitative estimate of drug-likeness (QED) is 0.869. The fraction of sp³-hybridized carbons (Fsp3) is 0.667. The second-order valence-electron chi connectivity index (χ2n) is 3.76. The van der Waals surface area contributed by atoms with Crippen molar-refractivity contribution in [2.45, 2.75) is 25.1 Å². The standard InChI is InChI=1S/C9H16BrN3S/c1-9(2,14-3)6-11-5-8-7(10)4-12-13-8/h4,11H,5-6H2,1-3H3,(H,12,13). The van der Waals surface area contributed by atoms with Crippen molar-refractivity contribution in [3.63, 3.8) is 0 Å². The summed E-state index contributed by atoms with van der Waals surface area (Å²) in [6.07, 6.45) is 3.91. The molecule has 0 fully saturated rings. The van der Waals surface area contributed by atoms with Crippen LogP contribution in [0.25, 0.3) is 0 Å². The Morgan fingerprint density at radius 3 is 2.86 bits per heavy atom. The maximum absolute atomic E-state index is 3.94. The van der Waals surface area contributed by atoms with Gasteiger partial charge in [0.1, 0.15) is 0 Å². The third-order valence-electron chi connectivity index (χ3n) is 2.07. The summed E-state index contributed by atoms with van der Waals surface area (Å²) in [5.41, 5.74) is 1.10. The first kappa shape index (κ1) is 12.1. The second kappa shape index (κ2) is 5.19. The van der Waals surface area contributed by atoms with Gasteiger partial charge in [0.25, 0.3) is 0 Å². The second-order valence-corrected chi connectivity index (χ2v) is 6.13. The van der Waals surface area contributed by atoms with Crippen LogP contribution in [0, 0.1) is 0 Å². The van der Waals surface area contributed by atoms with Gasteiger partial charge in [0.05, 0.1) is 16.4 Å². The number of hydrogen-bond donors (Lipinski definition) is 2. The van der Waals surface area contributed by atoms with Crippen molar-refractivity contribution >= 4 is 27.7 Å². The Morgan fingerprint density at radius 2 is 2.36 bits per heavy atom. The molecule has 0 aliphatic rings. The lowest BCUT2D eigenvalue weighted by atomic mass is 10.2. The van der Waals surface area contributed by atoms with Gasteiger partial charge in [-0.25, -0.2) is 0 Å². The molecule has 0 spiro atoms. The van der Waals surface area contributed by atoms with E-state index in [1.54, 1.807) is 6.20 Å². The average molecular weight is 278 g/mol. The van der Waals surface area contributed by atoms with Crippen molar-refractivity contribution in [3.8, 4) is 0 Å². The molecule has 1 heterocycles. The van der Waals surface area contributed by atoms with Gasteiger partial charge in [-0.05, 0) is 36.0 Å². The van der Waals surface area contributed by atoms with Gasteiger partial charge in [0, 0.05) is 17.8 Å². The van der Waals surface area contributed by atoms with Crippen LogP contribution in [0.5, 0.6) is 0 Å². The third kappa shape index (κ3) is 3.63. The van der Waals surface area contributed by atoms with Crippen LogP contribution in [-0.2, 0) is 6.54 Å². The molecule has 3 nitrogen and oxygen atoms in total. The molecule has 14 heavy (non-hydrogen) atoms. The fourth-order valence-electron chi connectivity index (χ4n) is 0.983. The molecule has 80 valence electrons. The minimum absolute atomic E-state index is 0.284. The van der Waals surface area contributed by atoms with E-state index in [9.17, 15) is 0 Å². The smallest absolute Gasteiger partial charge is 0.0633 e. The minimum Gasteiger partial charge on any atom is -0.310 e. The summed E-state index contributed by atoms with van der Waals surface area (Å²) in [5.74, 6) is 0. The molecular weight excluding hydrogens is 262 g/mol. The van der Waals surface area contributed by atoms with E-state index in [0.717, 1.165) is 23.3 Å². The molecule has 0 saturated heterocycles. The van der Waals surface area contributed by atoms with Gasteiger partial charge in [0.2, 0.25) is 0 Å². The van der Waals surface area contributed by atoms with E-state index < -0.39 is 0 Å². The number of aromatic amines is 1. The number of hydrogen-bond acceptors (Lipinski definition) is 3. The molecule has 0 atom stereocenters. The lowest BCUT2D eigenvalue weighted by molar-refractivity contribution is 0.584. The molecule has 1 aromatic rings. The zero-order chi connectivity index (χ0) is 10.6. The Morgan fingerprint density at radius 1 is 1.64 bits per heavy atom. The topological polar surface area (TPSA) is 40.7 Å². The SMILES string of the molecule is CSC(C)(C)CNCc1[nH]ncc1Br. The zero-order valence-electron chi connectivity index (χ0n) is 8.72. The summed E-state index contributed by atoms with van der Waals surface area (Å²) in [5, 5.41) is 10.3. The van der Waals surface area contributed by atoms with Gasteiger partial charge in [-0.1, -0.05) is 0 Å². The van der Waals surface area contributed by atoms with E-state index >= 15 is 0 Å². The van der Waals surface area contributed by atoms with E-state index in [4.69, 9.17) is 0 Å². The number of nitrogens with zero attached hydrogens (tertiary/aromatic N) is 1. The van der Waals surface area contributed by atoms with Crippen LogP contribution >= 0.6 is 27.7 Å². The minimum atomic E-state index is 0.284. The molecule has 1 rings (SSSR count). The van der Waals surface area contributed by atoms with Crippen LogP contribution < -0.4 is 5.32 Å². The molecule has 0 aromatic carbocycles. The highest BCUT2D eigenvalue weighted by Gasteiger charge is 2.15. The van der Waals surface area contributed by atoms with Crippen LogP contribution in [0.2, 0.25) is 0 Å². The van der Waals surface area contributed by atoms with E-state index in [2.05, 4.69) is 51.5 Å². The van der Waals surface area contributed by atoms with Crippen LogP contribution in [0.1, 0.15) is 19.5 Å². The van der Waals surface area contributed by atoms with E-state index in [0.29, 0.717) is 0 Å². The van der Waals surface area contributed by atoms with Crippen molar-refractivity contribution in [2.24, 2.45) is 0 Å². The predicted molar refractivity (Wildman–Crippen MR) is 65.6 cm³/mol. The first-order valence-corrected chi connectivity index (χ1v) is 6.50. The largest absolute Gasteiger partial charge is 0.310 e. The molecule has 0 aliphatic carbocycles. The predicted octanol–water partition coefficient (Wildman–Crippen LogP) is 2.40. The number of halogens is 1. The molecule has 5 heteroatoms. The third-order valence-corrected chi connectivity index (χ3v) is 4.00. The summed E-state index contributed by atoms with van der Waals surface area (Å²) in [4.78, 5) is 0. The van der Waals surface area contributed by atoms with Gasteiger partial charge in [-0.2, -0.15) is 16.9 Å². The van der Waals surface area contributed by atoms with E-state index in [1.165, 1.54) is 0 Å².